The fourth-order valence-corrected chi connectivity index (χ4v) is 2.63. The average molecular weight is 292 g/mol. The summed E-state index contributed by atoms with van der Waals surface area (Å²) >= 11 is 0. The minimum absolute atomic E-state index is 0.270. The molecule has 1 saturated heterocycles. The fourth-order valence-electron chi connectivity index (χ4n) is 2.63. The monoisotopic (exact) mass is 292 g/mol. The van der Waals surface area contributed by atoms with Gasteiger partial charge in [-0.05, 0) is 31.4 Å². The van der Waals surface area contributed by atoms with Crippen LogP contribution in [0.1, 0.15) is 36.7 Å². The molecule has 1 aliphatic heterocycles. The van der Waals surface area contributed by atoms with Gasteiger partial charge in [-0.3, -0.25) is 9.59 Å². The van der Waals surface area contributed by atoms with E-state index >= 15 is 0 Å². The highest BCUT2D eigenvalue weighted by Gasteiger charge is 2.40. The van der Waals surface area contributed by atoms with Gasteiger partial charge in [0.05, 0.1) is 5.41 Å². The van der Waals surface area contributed by atoms with Gasteiger partial charge >= 0.3 is 5.97 Å². The maximum absolute atomic E-state index is 11.4. The number of piperidine rings is 1. The highest BCUT2D eigenvalue weighted by molar-refractivity contribution is 5.91. The standard InChI is InChI=1S/C14H20N4O3/c1-3-14(13(20)21)6-8-18(9-7-14)11-5-4-10(16-17-11)12(19)15-2/h4-5H,3,6-9H2,1-2H3,(H,15,19)(H,20,21). The SMILES string of the molecule is CCC1(C(=O)O)CCN(c2ccc(C(=O)NC)nn2)CC1. The van der Waals surface area contributed by atoms with Crippen molar-refractivity contribution in [3.63, 3.8) is 0 Å². The summed E-state index contributed by atoms with van der Waals surface area (Å²) in [4.78, 5) is 24.8. The smallest absolute Gasteiger partial charge is 0.309 e. The molecule has 1 aliphatic rings. The number of hydrogen-bond acceptors (Lipinski definition) is 5. The second kappa shape index (κ2) is 6.07. The number of amides is 1. The van der Waals surface area contributed by atoms with Crippen molar-refractivity contribution in [1.82, 2.24) is 15.5 Å². The van der Waals surface area contributed by atoms with E-state index in [0.717, 1.165) is 0 Å². The molecule has 21 heavy (non-hydrogen) atoms. The first-order chi connectivity index (χ1) is 10.0. The molecule has 2 N–H and O–H groups in total. The van der Waals surface area contributed by atoms with Crippen LogP contribution < -0.4 is 10.2 Å². The van der Waals surface area contributed by atoms with Gasteiger partial charge in [0.25, 0.3) is 5.91 Å². The largest absolute Gasteiger partial charge is 0.481 e. The first kappa shape index (κ1) is 15.2. The Hall–Kier alpha value is -2.18. The highest BCUT2D eigenvalue weighted by atomic mass is 16.4. The molecule has 7 nitrogen and oxygen atoms in total. The minimum atomic E-state index is -0.717. The van der Waals surface area contributed by atoms with Crippen molar-refractivity contribution >= 4 is 17.7 Å². The zero-order valence-corrected chi connectivity index (χ0v) is 12.3. The number of carboxylic acid groups (broad SMARTS) is 1. The summed E-state index contributed by atoms with van der Waals surface area (Å²) < 4.78 is 0. The number of aromatic nitrogens is 2. The van der Waals surface area contributed by atoms with Gasteiger partial charge in [-0.25, -0.2) is 0 Å². The molecule has 0 bridgehead atoms. The Kier molecular flexibility index (Phi) is 4.40. The Morgan fingerprint density at radius 3 is 2.43 bits per heavy atom. The van der Waals surface area contributed by atoms with Gasteiger partial charge in [0.15, 0.2) is 11.5 Å². The van der Waals surface area contributed by atoms with E-state index in [0.29, 0.717) is 38.2 Å². The molecule has 2 heterocycles. The van der Waals surface area contributed by atoms with Gasteiger partial charge < -0.3 is 15.3 Å². The maximum Gasteiger partial charge on any atom is 0.309 e. The van der Waals surface area contributed by atoms with Crippen molar-refractivity contribution in [3.05, 3.63) is 17.8 Å². The Labute approximate surface area is 123 Å². The summed E-state index contributed by atoms with van der Waals surface area (Å²) in [6.45, 7) is 3.18. The molecule has 1 amide bonds. The molecule has 7 heteroatoms. The van der Waals surface area contributed by atoms with Gasteiger partial charge in [-0.1, -0.05) is 6.92 Å². The van der Waals surface area contributed by atoms with Crippen LogP contribution in [-0.4, -0.2) is 47.3 Å². The van der Waals surface area contributed by atoms with Crippen molar-refractivity contribution in [2.24, 2.45) is 5.41 Å². The number of carboxylic acids is 1. The van der Waals surface area contributed by atoms with E-state index in [-0.39, 0.29) is 11.6 Å². The van der Waals surface area contributed by atoms with Crippen LogP contribution in [0.5, 0.6) is 0 Å². The zero-order chi connectivity index (χ0) is 15.5. The molecule has 0 atom stereocenters. The number of hydrogen-bond donors (Lipinski definition) is 2. The summed E-state index contributed by atoms with van der Waals surface area (Å²) in [6.07, 6.45) is 1.83. The molecule has 0 aliphatic carbocycles. The molecular formula is C14H20N4O3. The lowest BCUT2D eigenvalue weighted by molar-refractivity contribution is -0.150. The van der Waals surface area contributed by atoms with Crippen LogP contribution in [0, 0.1) is 5.41 Å². The van der Waals surface area contributed by atoms with Crippen LogP contribution in [0.15, 0.2) is 12.1 Å². The lowest BCUT2D eigenvalue weighted by Gasteiger charge is -2.38. The summed E-state index contributed by atoms with van der Waals surface area (Å²) in [7, 11) is 1.54. The number of nitrogens with one attached hydrogen (secondary N) is 1. The summed E-state index contributed by atoms with van der Waals surface area (Å²) in [5, 5.41) is 19.8. The number of carbonyl (C=O) groups excluding carboxylic acids is 1. The van der Waals surface area contributed by atoms with Gasteiger partial charge in [0, 0.05) is 20.1 Å². The molecule has 0 saturated carbocycles. The predicted octanol–water partition coefficient (Wildman–Crippen LogP) is 0.917. The molecular weight excluding hydrogens is 272 g/mol. The molecule has 1 fully saturated rings. The van der Waals surface area contributed by atoms with Gasteiger partial charge in [0.1, 0.15) is 0 Å². The molecule has 0 unspecified atom stereocenters. The van der Waals surface area contributed by atoms with E-state index < -0.39 is 11.4 Å². The number of aliphatic carboxylic acids is 1. The fraction of sp³-hybridized carbons (Fsp3) is 0.571. The van der Waals surface area contributed by atoms with Crippen molar-refractivity contribution in [3.8, 4) is 0 Å². The highest BCUT2D eigenvalue weighted by Crippen LogP contribution is 2.36. The summed E-state index contributed by atoms with van der Waals surface area (Å²) in [5.41, 5.74) is -0.349. The lowest BCUT2D eigenvalue weighted by Crippen LogP contribution is -2.44. The van der Waals surface area contributed by atoms with E-state index in [1.807, 2.05) is 11.8 Å². The third kappa shape index (κ3) is 2.96. The summed E-state index contributed by atoms with van der Waals surface area (Å²) in [5.74, 6) is -0.313. The Balaban J connectivity index is 2.05. The van der Waals surface area contributed by atoms with E-state index in [1.54, 1.807) is 19.2 Å². The lowest BCUT2D eigenvalue weighted by atomic mass is 9.76. The Morgan fingerprint density at radius 1 is 1.33 bits per heavy atom. The number of carbonyl (C=O) groups is 2. The van der Waals surface area contributed by atoms with Crippen LogP contribution in [-0.2, 0) is 4.79 Å². The molecule has 1 aromatic heterocycles. The number of anilines is 1. The average Bonchev–Trinajstić information content (AvgIpc) is 2.54. The normalized spacial score (nSPS) is 17.3. The van der Waals surface area contributed by atoms with Crippen molar-refractivity contribution in [1.29, 1.82) is 0 Å². The quantitative estimate of drug-likeness (QED) is 0.856. The van der Waals surface area contributed by atoms with Crippen molar-refractivity contribution in [2.45, 2.75) is 26.2 Å². The topological polar surface area (TPSA) is 95.4 Å². The second-order valence-electron chi connectivity index (χ2n) is 5.28. The third-order valence-corrected chi connectivity index (χ3v) is 4.29. The number of nitrogens with zero attached hydrogens (tertiary/aromatic N) is 3. The minimum Gasteiger partial charge on any atom is -0.481 e. The number of rotatable bonds is 4. The van der Waals surface area contributed by atoms with E-state index in [2.05, 4.69) is 15.5 Å². The van der Waals surface area contributed by atoms with Gasteiger partial charge in [0.2, 0.25) is 0 Å². The zero-order valence-electron chi connectivity index (χ0n) is 12.3. The first-order valence-corrected chi connectivity index (χ1v) is 7.06. The summed E-state index contributed by atoms with van der Waals surface area (Å²) in [6, 6.07) is 3.37. The molecule has 0 spiro atoms. The molecule has 0 radical (unpaired) electrons. The van der Waals surface area contributed by atoms with E-state index in [1.165, 1.54) is 0 Å². The Morgan fingerprint density at radius 2 is 2.00 bits per heavy atom. The van der Waals surface area contributed by atoms with E-state index in [9.17, 15) is 14.7 Å². The van der Waals surface area contributed by atoms with E-state index in [4.69, 9.17) is 0 Å². The molecule has 1 aromatic rings. The molecule has 2 rings (SSSR count). The van der Waals surface area contributed by atoms with Crippen molar-refractivity contribution in [2.75, 3.05) is 25.0 Å². The first-order valence-electron chi connectivity index (χ1n) is 7.06. The van der Waals surface area contributed by atoms with Crippen molar-refractivity contribution < 1.29 is 14.7 Å². The van der Waals surface area contributed by atoms with Gasteiger partial charge in [-0.15, -0.1) is 10.2 Å². The second-order valence-corrected chi connectivity index (χ2v) is 5.28. The van der Waals surface area contributed by atoms with Crippen LogP contribution >= 0.6 is 0 Å². The third-order valence-electron chi connectivity index (χ3n) is 4.29. The molecule has 0 aromatic carbocycles. The van der Waals surface area contributed by atoms with Crippen LogP contribution in [0.4, 0.5) is 5.82 Å². The van der Waals surface area contributed by atoms with Crippen LogP contribution in [0.2, 0.25) is 0 Å². The molecule has 114 valence electrons. The predicted molar refractivity (Wildman–Crippen MR) is 77.2 cm³/mol. The maximum atomic E-state index is 11.4. The Bertz CT molecular complexity index is 522. The van der Waals surface area contributed by atoms with Crippen LogP contribution in [0.3, 0.4) is 0 Å². The van der Waals surface area contributed by atoms with Crippen LogP contribution in [0.25, 0.3) is 0 Å². The van der Waals surface area contributed by atoms with Gasteiger partial charge in [-0.2, -0.15) is 0 Å².